The average molecular weight is 228 g/mol. The van der Waals surface area contributed by atoms with Crippen molar-refractivity contribution in [1.29, 1.82) is 0 Å². The van der Waals surface area contributed by atoms with Gasteiger partial charge in [0, 0.05) is 6.04 Å². The lowest BCUT2D eigenvalue weighted by Gasteiger charge is -2.17. The topological polar surface area (TPSA) is 15.3 Å². The summed E-state index contributed by atoms with van der Waals surface area (Å²) in [5.74, 6) is 0. The average Bonchev–Trinajstić information content (AvgIpc) is 2.25. The zero-order valence-corrected chi connectivity index (χ0v) is 11.9. The van der Waals surface area contributed by atoms with Crippen LogP contribution in [0.3, 0.4) is 0 Å². The normalized spacial score (nSPS) is 13.3. The van der Waals surface area contributed by atoms with Crippen LogP contribution in [-0.2, 0) is 0 Å². The van der Waals surface area contributed by atoms with E-state index in [1.54, 1.807) is 0 Å². The molecule has 0 radical (unpaired) electrons. The summed E-state index contributed by atoms with van der Waals surface area (Å²) in [5, 5.41) is 3.46. The summed E-state index contributed by atoms with van der Waals surface area (Å²) in [6.45, 7) is 10.4. The Balaban J connectivity index is 3.23. The van der Waals surface area contributed by atoms with E-state index in [0.29, 0.717) is 6.04 Å². The van der Waals surface area contributed by atoms with E-state index in [9.17, 15) is 0 Å². The summed E-state index contributed by atoms with van der Waals surface area (Å²) in [6.07, 6.45) is 8.08. The fraction of sp³-hybridized carbons (Fsp3) is 1.00. The Kier molecular flexibility index (Phi) is 11.3. The zero-order valence-electron chi connectivity index (χ0n) is 11.9. The van der Waals surface area contributed by atoms with Gasteiger partial charge >= 0.3 is 0 Å². The minimum Gasteiger partial charge on any atom is -0.315 e. The highest BCUT2D eigenvalue weighted by Gasteiger charge is 2.01. The summed E-state index contributed by atoms with van der Waals surface area (Å²) in [5.41, 5.74) is 0. The standard InChI is InChI=1S/C14H32N2/c1-5-7-9-12-16(4)13-10-8-11-14(3)15-6-2/h14-15H,5-13H2,1-4H3. The molecule has 0 aliphatic heterocycles. The van der Waals surface area contributed by atoms with Gasteiger partial charge in [0.15, 0.2) is 0 Å². The summed E-state index contributed by atoms with van der Waals surface area (Å²) in [6, 6.07) is 0.690. The molecule has 2 heteroatoms. The molecule has 0 fully saturated rings. The maximum absolute atomic E-state index is 3.46. The predicted molar refractivity (Wildman–Crippen MR) is 74.0 cm³/mol. The fourth-order valence-corrected chi connectivity index (χ4v) is 2.03. The summed E-state index contributed by atoms with van der Waals surface area (Å²) < 4.78 is 0. The van der Waals surface area contributed by atoms with Gasteiger partial charge < -0.3 is 10.2 Å². The number of nitrogens with zero attached hydrogens (tertiary/aromatic N) is 1. The van der Waals surface area contributed by atoms with Gasteiger partial charge in [-0.15, -0.1) is 0 Å². The predicted octanol–water partition coefficient (Wildman–Crippen LogP) is 3.28. The Labute approximate surface area is 103 Å². The summed E-state index contributed by atoms with van der Waals surface area (Å²) in [7, 11) is 2.25. The number of nitrogens with one attached hydrogen (secondary N) is 1. The van der Waals surface area contributed by atoms with Crippen molar-refractivity contribution >= 4 is 0 Å². The van der Waals surface area contributed by atoms with Gasteiger partial charge in [0.1, 0.15) is 0 Å². The first-order valence-corrected chi connectivity index (χ1v) is 7.12. The van der Waals surface area contributed by atoms with Crippen LogP contribution < -0.4 is 5.32 Å². The van der Waals surface area contributed by atoms with E-state index in [2.05, 4.69) is 38.0 Å². The lowest BCUT2D eigenvalue weighted by atomic mass is 10.1. The molecule has 0 aliphatic carbocycles. The van der Waals surface area contributed by atoms with Gasteiger partial charge in [0.25, 0.3) is 0 Å². The second kappa shape index (κ2) is 11.4. The van der Waals surface area contributed by atoms with E-state index >= 15 is 0 Å². The quantitative estimate of drug-likeness (QED) is 0.546. The molecule has 0 heterocycles. The molecular weight excluding hydrogens is 196 g/mol. The molecule has 0 saturated carbocycles. The Hall–Kier alpha value is -0.0800. The van der Waals surface area contributed by atoms with E-state index in [1.807, 2.05) is 0 Å². The van der Waals surface area contributed by atoms with Crippen LogP contribution in [0.4, 0.5) is 0 Å². The summed E-state index contributed by atoms with van der Waals surface area (Å²) in [4.78, 5) is 2.48. The smallest absolute Gasteiger partial charge is 0.00386 e. The van der Waals surface area contributed by atoms with Gasteiger partial charge in [-0.25, -0.2) is 0 Å². The van der Waals surface area contributed by atoms with Crippen molar-refractivity contribution in [3.05, 3.63) is 0 Å². The Morgan fingerprint density at radius 2 is 1.62 bits per heavy atom. The van der Waals surface area contributed by atoms with Crippen LogP contribution in [0.25, 0.3) is 0 Å². The summed E-state index contributed by atoms with van der Waals surface area (Å²) >= 11 is 0. The first-order valence-electron chi connectivity index (χ1n) is 7.12. The Morgan fingerprint density at radius 3 is 2.19 bits per heavy atom. The largest absolute Gasteiger partial charge is 0.315 e. The van der Waals surface area contributed by atoms with Crippen molar-refractivity contribution in [2.24, 2.45) is 0 Å². The van der Waals surface area contributed by atoms with E-state index < -0.39 is 0 Å². The van der Waals surface area contributed by atoms with Crippen LogP contribution in [-0.4, -0.2) is 37.6 Å². The van der Waals surface area contributed by atoms with Gasteiger partial charge in [-0.2, -0.15) is 0 Å². The van der Waals surface area contributed by atoms with Gasteiger partial charge in [0.05, 0.1) is 0 Å². The van der Waals surface area contributed by atoms with Crippen LogP contribution in [0.5, 0.6) is 0 Å². The molecular formula is C14H32N2. The van der Waals surface area contributed by atoms with Crippen LogP contribution in [0, 0.1) is 0 Å². The molecule has 0 aromatic rings. The van der Waals surface area contributed by atoms with Crippen molar-refractivity contribution in [3.8, 4) is 0 Å². The van der Waals surface area contributed by atoms with Crippen LogP contribution in [0.2, 0.25) is 0 Å². The number of unbranched alkanes of at least 4 members (excludes halogenated alkanes) is 3. The minimum absolute atomic E-state index is 0.690. The molecule has 1 N–H and O–H groups in total. The van der Waals surface area contributed by atoms with Gasteiger partial charge in [-0.05, 0) is 52.9 Å². The van der Waals surface area contributed by atoms with Crippen molar-refractivity contribution in [2.75, 3.05) is 26.7 Å². The first kappa shape index (κ1) is 15.9. The van der Waals surface area contributed by atoms with Gasteiger partial charge in [-0.1, -0.05) is 33.1 Å². The van der Waals surface area contributed by atoms with Crippen LogP contribution in [0.1, 0.15) is 59.3 Å². The Morgan fingerprint density at radius 1 is 1.00 bits per heavy atom. The van der Waals surface area contributed by atoms with E-state index in [4.69, 9.17) is 0 Å². The molecule has 0 aromatic carbocycles. The molecule has 0 aromatic heterocycles. The third-order valence-electron chi connectivity index (χ3n) is 3.12. The van der Waals surface area contributed by atoms with Crippen LogP contribution >= 0.6 is 0 Å². The SMILES string of the molecule is CCCCCN(C)CCCCC(C)NCC. The third kappa shape index (κ3) is 10.4. The van der Waals surface area contributed by atoms with Crippen molar-refractivity contribution < 1.29 is 0 Å². The maximum Gasteiger partial charge on any atom is 0.00386 e. The maximum atomic E-state index is 3.46. The minimum atomic E-state index is 0.690. The highest BCUT2D eigenvalue weighted by molar-refractivity contribution is 4.60. The number of hydrogen-bond donors (Lipinski definition) is 1. The van der Waals surface area contributed by atoms with Crippen molar-refractivity contribution in [3.63, 3.8) is 0 Å². The zero-order chi connectivity index (χ0) is 12.2. The highest BCUT2D eigenvalue weighted by atomic mass is 15.1. The lowest BCUT2D eigenvalue weighted by Crippen LogP contribution is -2.26. The van der Waals surface area contributed by atoms with Crippen LogP contribution in [0.15, 0.2) is 0 Å². The molecule has 0 bridgehead atoms. The molecule has 0 aliphatic rings. The molecule has 98 valence electrons. The fourth-order valence-electron chi connectivity index (χ4n) is 2.03. The first-order chi connectivity index (χ1) is 7.70. The van der Waals surface area contributed by atoms with Gasteiger partial charge in [-0.3, -0.25) is 0 Å². The lowest BCUT2D eigenvalue weighted by molar-refractivity contribution is 0.313. The van der Waals surface area contributed by atoms with E-state index in [1.165, 1.54) is 51.6 Å². The van der Waals surface area contributed by atoms with Crippen molar-refractivity contribution in [2.45, 2.75) is 65.3 Å². The number of rotatable bonds is 11. The molecule has 0 spiro atoms. The molecule has 16 heavy (non-hydrogen) atoms. The number of hydrogen-bond acceptors (Lipinski definition) is 2. The molecule has 0 rings (SSSR count). The van der Waals surface area contributed by atoms with E-state index in [0.717, 1.165) is 6.54 Å². The van der Waals surface area contributed by atoms with Crippen molar-refractivity contribution in [1.82, 2.24) is 10.2 Å². The highest BCUT2D eigenvalue weighted by Crippen LogP contribution is 2.03. The second-order valence-electron chi connectivity index (χ2n) is 4.96. The molecule has 1 unspecified atom stereocenters. The monoisotopic (exact) mass is 228 g/mol. The second-order valence-corrected chi connectivity index (χ2v) is 4.96. The molecule has 1 atom stereocenters. The molecule has 0 saturated heterocycles. The molecule has 2 nitrogen and oxygen atoms in total. The third-order valence-corrected chi connectivity index (χ3v) is 3.12. The van der Waals surface area contributed by atoms with E-state index in [-0.39, 0.29) is 0 Å². The Bertz CT molecular complexity index is 137. The van der Waals surface area contributed by atoms with Gasteiger partial charge in [0.2, 0.25) is 0 Å². The molecule has 0 amide bonds.